The van der Waals surface area contributed by atoms with Gasteiger partial charge in [0.1, 0.15) is 0 Å². The summed E-state index contributed by atoms with van der Waals surface area (Å²) in [5.74, 6) is -0.742. The number of anilines is 1. The highest BCUT2D eigenvalue weighted by Gasteiger charge is 2.37. The topological polar surface area (TPSA) is 63.4 Å². The Balaban J connectivity index is 2.11. The minimum absolute atomic E-state index is 0.470. The number of benzene rings is 2. The summed E-state index contributed by atoms with van der Waals surface area (Å²) >= 11 is 12.1. The lowest BCUT2D eigenvalue weighted by molar-refractivity contribution is 0.268. The second-order valence-electron chi connectivity index (χ2n) is 5.40. The Hall–Kier alpha value is -1.49. The van der Waals surface area contributed by atoms with Crippen molar-refractivity contribution in [1.82, 2.24) is 4.98 Å². The zero-order valence-electron chi connectivity index (χ0n) is 13.6. The van der Waals surface area contributed by atoms with Crippen LogP contribution in [0.15, 0.2) is 48.7 Å². The lowest BCUT2D eigenvalue weighted by Gasteiger charge is -2.26. The fourth-order valence-electron chi connectivity index (χ4n) is 2.73. The number of halogens is 2. The highest BCUT2D eigenvalue weighted by Crippen LogP contribution is 2.60. The van der Waals surface area contributed by atoms with Gasteiger partial charge in [0.25, 0.3) is 0 Å². The maximum Gasteiger partial charge on any atom is 0.356 e. The van der Waals surface area contributed by atoms with Crippen LogP contribution in [0.4, 0.5) is 5.69 Å². The van der Waals surface area contributed by atoms with Crippen LogP contribution in [-0.4, -0.2) is 19.2 Å². The fourth-order valence-corrected chi connectivity index (χ4v) is 4.69. The van der Waals surface area contributed by atoms with Gasteiger partial charge in [-0.15, -0.1) is 0 Å². The molecular formula is C17H17Cl2N2O3P. The average Bonchev–Trinajstić information content (AvgIpc) is 3.02. The molecule has 0 saturated carbocycles. The predicted octanol–water partition coefficient (Wildman–Crippen LogP) is 6.07. The summed E-state index contributed by atoms with van der Waals surface area (Å²) in [7, 11) is -0.778. The van der Waals surface area contributed by atoms with Gasteiger partial charge in [-0.25, -0.2) is 0 Å². The maximum atomic E-state index is 13.2. The van der Waals surface area contributed by atoms with E-state index in [0.717, 1.165) is 16.5 Å². The molecule has 0 aliphatic carbocycles. The monoisotopic (exact) mass is 398 g/mol. The van der Waals surface area contributed by atoms with Crippen LogP contribution in [0.5, 0.6) is 0 Å². The average molecular weight is 399 g/mol. The maximum absolute atomic E-state index is 13.2. The zero-order chi connectivity index (χ0) is 18.0. The smallest absolute Gasteiger partial charge is 0.356 e. The Kier molecular flexibility index (Phi) is 5.42. The van der Waals surface area contributed by atoms with Crippen molar-refractivity contribution in [3.63, 3.8) is 0 Å². The summed E-state index contributed by atoms with van der Waals surface area (Å²) in [6.07, 6.45) is 1.79. The van der Waals surface area contributed by atoms with Crippen LogP contribution in [0.1, 0.15) is 11.3 Å². The number of fused-ring (bicyclic) bond motifs is 1. The Morgan fingerprint density at radius 1 is 1.08 bits per heavy atom. The Morgan fingerprint density at radius 2 is 1.72 bits per heavy atom. The standard InChI is InChI=1S/C17H17Cl2N2O3P/c1-23-25(22,24-2)17(21-13-8-11(18)7-12(19)9-13)15-10-20-16-6-4-3-5-14(15)16/h3-10,17,20-21H,1-2H3/t17-/m1/s1. The van der Waals surface area contributed by atoms with Crippen molar-refractivity contribution in [2.75, 3.05) is 19.5 Å². The number of hydrogen-bond donors (Lipinski definition) is 2. The SMILES string of the molecule is COP(=O)(OC)[C@@H](Nc1cc(Cl)cc(Cl)c1)c1c[nH]c2ccccc12. The molecule has 1 aromatic heterocycles. The van der Waals surface area contributed by atoms with Crippen molar-refractivity contribution in [1.29, 1.82) is 0 Å². The quantitative estimate of drug-likeness (QED) is 0.494. The van der Waals surface area contributed by atoms with Crippen molar-refractivity contribution in [2.45, 2.75) is 5.78 Å². The van der Waals surface area contributed by atoms with E-state index in [4.69, 9.17) is 32.2 Å². The molecule has 0 aliphatic rings. The first-order chi connectivity index (χ1) is 12.0. The molecule has 0 spiro atoms. The summed E-state index contributed by atoms with van der Waals surface area (Å²) in [4.78, 5) is 3.17. The van der Waals surface area contributed by atoms with E-state index >= 15 is 0 Å². The molecule has 2 N–H and O–H groups in total. The van der Waals surface area contributed by atoms with Gasteiger partial charge >= 0.3 is 7.60 Å². The third kappa shape index (κ3) is 3.71. The Morgan fingerprint density at radius 3 is 2.36 bits per heavy atom. The van der Waals surface area contributed by atoms with Crippen molar-refractivity contribution >= 4 is 47.4 Å². The predicted molar refractivity (Wildman–Crippen MR) is 103 cm³/mol. The largest absolute Gasteiger partial charge is 0.368 e. The number of hydrogen-bond acceptors (Lipinski definition) is 4. The minimum atomic E-state index is -3.50. The molecule has 0 bridgehead atoms. The summed E-state index contributed by atoms with van der Waals surface area (Å²) in [6.45, 7) is 0. The van der Waals surface area contributed by atoms with Crippen molar-refractivity contribution in [2.24, 2.45) is 0 Å². The van der Waals surface area contributed by atoms with E-state index < -0.39 is 13.4 Å². The molecule has 0 fully saturated rings. The van der Waals surface area contributed by atoms with E-state index in [1.807, 2.05) is 24.3 Å². The van der Waals surface area contributed by atoms with Crippen LogP contribution in [0.2, 0.25) is 10.0 Å². The molecular weight excluding hydrogens is 382 g/mol. The fraction of sp³-hybridized carbons (Fsp3) is 0.176. The van der Waals surface area contributed by atoms with Crippen LogP contribution >= 0.6 is 30.8 Å². The van der Waals surface area contributed by atoms with Crippen molar-refractivity contribution in [3.8, 4) is 0 Å². The summed E-state index contributed by atoms with van der Waals surface area (Å²) in [5, 5.41) is 5.05. The first-order valence-electron chi connectivity index (χ1n) is 7.46. The van der Waals surface area contributed by atoms with Gasteiger partial charge in [0, 0.05) is 52.6 Å². The van der Waals surface area contributed by atoms with Gasteiger partial charge in [-0.1, -0.05) is 41.4 Å². The summed E-state index contributed by atoms with van der Waals surface area (Å²) in [5.41, 5.74) is 2.30. The third-order valence-electron chi connectivity index (χ3n) is 3.91. The molecule has 3 aromatic rings. The third-order valence-corrected chi connectivity index (χ3v) is 6.40. The van der Waals surface area contributed by atoms with E-state index in [-0.39, 0.29) is 0 Å². The van der Waals surface area contributed by atoms with Gasteiger partial charge in [-0.3, -0.25) is 4.57 Å². The first-order valence-corrected chi connectivity index (χ1v) is 9.83. The van der Waals surface area contributed by atoms with Crippen LogP contribution < -0.4 is 5.32 Å². The van der Waals surface area contributed by atoms with Gasteiger partial charge in [0.15, 0.2) is 5.78 Å². The lowest BCUT2D eigenvalue weighted by Crippen LogP contribution is -2.13. The zero-order valence-corrected chi connectivity index (χ0v) is 16.0. The Labute approximate surface area is 155 Å². The highest BCUT2D eigenvalue weighted by atomic mass is 35.5. The van der Waals surface area contributed by atoms with Crippen LogP contribution in [0, 0.1) is 0 Å². The normalized spacial score (nSPS) is 13.1. The summed E-state index contributed by atoms with van der Waals surface area (Å²) < 4.78 is 23.7. The number of H-pyrrole nitrogens is 1. The molecule has 3 rings (SSSR count). The van der Waals surface area contributed by atoms with Gasteiger partial charge in [0.05, 0.1) is 0 Å². The molecule has 5 nitrogen and oxygen atoms in total. The molecule has 0 aliphatic heterocycles. The molecule has 1 atom stereocenters. The molecule has 0 amide bonds. The molecule has 1 heterocycles. The van der Waals surface area contributed by atoms with Gasteiger partial charge in [-0.2, -0.15) is 0 Å². The number of aromatic nitrogens is 1. The molecule has 2 aromatic carbocycles. The van der Waals surface area contributed by atoms with E-state index in [2.05, 4.69) is 10.3 Å². The molecule has 8 heteroatoms. The second kappa shape index (κ2) is 7.40. The number of rotatable bonds is 6. The molecule has 0 radical (unpaired) electrons. The van der Waals surface area contributed by atoms with Gasteiger partial charge in [-0.05, 0) is 24.3 Å². The molecule has 0 unspecified atom stereocenters. The highest BCUT2D eigenvalue weighted by molar-refractivity contribution is 7.54. The minimum Gasteiger partial charge on any atom is -0.368 e. The van der Waals surface area contributed by atoms with Crippen LogP contribution in [-0.2, 0) is 13.6 Å². The van der Waals surface area contributed by atoms with E-state index in [0.29, 0.717) is 15.7 Å². The summed E-state index contributed by atoms with van der Waals surface area (Å²) in [6, 6.07) is 12.7. The van der Waals surface area contributed by atoms with Crippen LogP contribution in [0.25, 0.3) is 10.9 Å². The van der Waals surface area contributed by atoms with Gasteiger partial charge < -0.3 is 19.3 Å². The van der Waals surface area contributed by atoms with E-state index in [1.54, 1.807) is 24.4 Å². The number of para-hydroxylation sites is 1. The molecule has 25 heavy (non-hydrogen) atoms. The first kappa shape index (κ1) is 18.3. The van der Waals surface area contributed by atoms with E-state index in [9.17, 15) is 4.57 Å². The Bertz CT molecular complexity index is 916. The van der Waals surface area contributed by atoms with Crippen molar-refractivity contribution in [3.05, 3.63) is 64.3 Å². The number of aromatic amines is 1. The molecule has 0 saturated heterocycles. The van der Waals surface area contributed by atoms with E-state index in [1.165, 1.54) is 14.2 Å². The van der Waals surface area contributed by atoms with Crippen molar-refractivity contribution < 1.29 is 13.6 Å². The van der Waals surface area contributed by atoms with Crippen LogP contribution in [0.3, 0.4) is 0 Å². The lowest BCUT2D eigenvalue weighted by atomic mass is 10.1. The van der Waals surface area contributed by atoms with Gasteiger partial charge in [0.2, 0.25) is 0 Å². The number of nitrogens with one attached hydrogen (secondary N) is 2. The second-order valence-corrected chi connectivity index (χ2v) is 8.60. The molecule has 132 valence electrons.